The highest BCUT2D eigenvalue weighted by molar-refractivity contribution is 8.18. The van der Waals surface area contributed by atoms with E-state index in [1.54, 1.807) is 4.90 Å². The summed E-state index contributed by atoms with van der Waals surface area (Å²) in [5.41, 5.74) is 3.00. The minimum absolute atomic E-state index is 0.0353. The smallest absolute Gasteiger partial charge is 0.270 e. The zero-order chi connectivity index (χ0) is 21.0. The molecule has 0 aliphatic carbocycles. The Labute approximate surface area is 187 Å². The van der Waals surface area contributed by atoms with Crippen LogP contribution in [0.2, 0.25) is 5.02 Å². The summed E-state index contributed by atoms with van der Waals surface area (Å²) in [4.78, 5) is 29.1. The van der Waals surface area contributed by atoms with Crippen molar-refractivity contribution in [1.29, 1.82) is 0 Å². The van der Waals surface area contributed by atoms with Gasteiger partial charge in [-0.05, 0) is 49.0 Å². The first-order valence-corrected chi connectivity index (χ1v) is 11.4. The van der Waals surface area contributed by atoms with Crippen LogP contribution in [0.1, 0.15) is 6.92 Å². The molecule has 2 aliphatic heterocycles. The highest BCUT2D eigenvalue weighted by Crippen LogP contribution is 2.45. The fourth-order valence-corrected chi connectivity index (χ4v) is 6.08. The molecule has 0 bridgehead atoms. The Morgan fingerprint density at radius 1 is 1.10 bits per heavy atom. The van der Waals surface area contributed by atoms with E-state index in [1.165, 1.54) is 23.1 Å². The number of nitrogens with zero attached hydrogens (tertiary/aromatic N) is 5. The van der Waals surface area contributed by atoms with E-state index in [0.717, 1.165) is 27.4 Å². The molecule has 0 N–H and O–H groups in total. The van der Waals surface area contributed by atoms with Crippen molar-refractivity contribution in [1.82, 2.24) is 9.88 Å². The fourth-order valence-electron chi connectivity index (χ4n) is 3.71. The lowest BCUT2D eigenvalue weighted by atomic mass is 10.3. The summed E-state index contributed by atoms with van der Waals surface area (Å²) >= 11 is 8.95. The molecular formula is C21H18ClN5OS2. The van der Waals surface area contributed by atoms with E-state index in [2.05, 4.69) is 26.9 Å². The number of benzene rings is 2. The maximum absolute atomic E-state index is 13.3. The lowest BCUT2D eigenvalue weighted by molar-refractivity contribution is -0.122. The zero-order valence-corrected chi connectivity index (χ0v) is 19.0. The average molecular weight is 456 g/mol. The number of carbonyl (C=O) groups is 1. The van der Waals surface area contributed by atoms with Crippen molar-refractivity contribution in [2.45, 2.75) is 6.92 Å². The van der Waals surface area contributed by atoms with Crippen LogP contribution in [-0.4, -0.2) is 41.6 Å². The van der Waals surface area contributed by atoms with Crippen LogP contribution in [-0.2, 0) is 4.79 Å². The number of hydrogen-bond donors (Lipinski definition) is 0. The number of aromatic nitrogens is 1. The van der Waals surface area contributed by atoms with Crippen LogP contribution < -0.4 is 9.80 Å². The minimum atomic E-state index is -0.0353. The third-order valence-electron chi connectivity index (χ3n) is 5.15. The van der Waals surface area contributed by atoms with Crippen molar-refractivity contribution in [3.8, 4) is 0 Å². The normalized spacial score (nSPS) is 17.8. The monoisotopic (exact) mass is 455 g/mol. The summed E-state index contributed by atoms with van der Waals surface area (Å²) in [6.07, 6.45) is 0. The topological polar surface area (TPSA) is 52.0 Å². The minimum Gasteiger partial charge on any atom is -0.328 e. The predicted octanol–water partition coefficient (Wildman–Crippen LogP) is 5.29. The van der Waals surface area contributed by atoms with Gasteiger partial charge in [0, 0.05) is 25.7 Å². The van der Waals surface area contributed by atoms with Crippen LogP contribution in [0, 0.1) is 0 Å². The van der Waals surface area contributed by atoms with E-state index in [9.17, 15) is 4.79 Å². The first-order valence-electron chi connectivity index (χ1n) is 9.43. The summed E-state index contributed by atoms with van der Waals surface area (Å²) < 4.78 is 0.975. The van der Waals surface area contributed by atoms with Gasteiger partial charge in [0.25, 0.3) is 5.91 Å². The van der Waals surface area contributed by atoms with Gasteiger partial charge in [-0.3, -0.25) is 9.69 Å². The Morgan fingerprint density at radius 3 is 2.47 bits per heavy atom. The number of hydrogen-bond acceptors (Lipinski definition) is 7. The van der Waals surface area contributed by atoms with Gasteiger partial charge in [0.15, 0.2) is 5.17 Å². The standard InChI is InChI=1S/C21H18ClN5OS2/c1-4-27-19(28)17(18-25(2)14-7-5-6-8-15(14)26(18)3)30-21(27)24-20-23-13-10-9-12(22)11-16(13)29-20/h5-11H,4H2,1-3H3. The molecule has 9 heteroatoms. The number of likely N-dealkylation sites (N-methyl/N-ethyl adjacent to an activating group) is 1. The Morgan fingerprint density at radius 2 is 1.80 bits per heavy atom. The van der Waals surface area contributed by atoms with Crippen molar-refractivity contribution < 1.29 is 4.79 Å². The molecule has 1 aromatic heterocycles. The summed E-state index contributed by atoms with van der Waals surface area (Å²) in [6.45, 7) is 2.50. The predicted molar refractivity (Wildman–Crippen MR) is 127 cm³/mol. The van der Waals surface area contributed by atoms with Crippen LogP contribution in [0.15, 0.2) is 58.2 Å². The first kappa shape index (κ1) is 19.4. The molecule has 152 valence electrons. The number of amidine groups is 1. The lowest BCUT2D eigenvalue weighted by Gasteiger charge is -2.20. The molecule has 0 atom stereocenters. The summed E-state index contributed by atoms with van der Waals surface area (Å²) in [5, 5.41) is 1.93. The van der Waals surface area contributed by atoms with Gasteiger partial charge >= 0.3 is 0 Å². The van der Waals surface area contributed by atoms with E-state index in [-0.39, 0.29) is 5.91 Å². The summed E-state index contributed by atoms with van der Waals surface area (Å²) in [6, 6.07) is 13.7. The molecule has 0 saturated carbocycles. The quantitative estimate of drug-likeness (QED) is 0.491. The molecule has 6 nitrogen and oxygen atoms in total. The Bertz CT molecular complexity index is 1220. The SMILES string of the molecule is CCN1C(=O)C(=C2N(C)c3ccccc3N2C)SC1=Nc1nc2ccc(Cl)cc2s1. The number of carbonyl (C=O) groups excluding carboxylic acids is 1. The second kappa shape index (κ2) is 7.30. The number of rotatable bonds is 2. The number of anilines is 2. The summed E-state index contributed by atoms with van der Waals surface area (Å²) in [5.74, 6) is 0.831. The molecule has 0 spiro atoms. The van der Waals surface area contributed by atoms with Crippen molar-refractivity contribution in [3.05, 3.63) is 58.2 Å². The van der Waals surface area contributed by atoms with Gasteiger partial charge in [-0.2, -0.15) is 4.99 Å². The number of thioether (sulfide) groups is 1. The largest absolute Gasteiger partial charge is 0.328 e. The molecule has 1 saturated heterocycles. The Balaban J connectivity index is 1.57. The number of aliphatic imine (C=N–C) groups is 1. The van der Waals surface area contributed by atoms with Gasteiger partial charge < -0.3 is 9.80 Å². The highest BCUT2D eigenvalue weighted by Gasteiger charge is 2.40. The first-order chi connectivity index (χ1) is 14.5. The molecule has 0 radical (unpaired) electrons. The molecule has 30 heavy (non-hydrogen) atoms. The fraction of sp³-hybridized carbons (Fsp3) is 0.190. The average Bonchev–Trinajstić information content (AvgIpc) is 3.35. The molecule has 3 aromatic rings. The van der Waals surface area contributed by atoms with Gasteiger partial charge in [0.2, 0.25) is 5.13 Å². The number of fused-ring (bicyclic) bond motifs is 2. The van der Waals surface area contributed by atoms with E-state index in [0.29, 0.717) is 26.8 Å². The molecule has 0 unspecified atom stereocenters. The lowest BCUT2D eigenvalue weighted by Crippen LogP contribution is -2.31. The van der Waals surface area contributed by atoms with Crippen LogP contribution in [0.4, 0.5) is 16.5 Å². The second-order valence-corrected chi connectivity index (χ2v) is 9.34. The van der Waals surface area contributed by atoms with Crippen molar-refractivity contribution in [3.63, 3.8) is 0 Å². The highest BCUT2D eigenvalue weighted by atomic mass is 35.5. The van der Waals surface area contributed by atoms with Crippen molar-refractivity contribution >= 4 is 72.5 Å². The van der Waals surface area contributed by atoms with E-state index in [4.69, 9.17) is 16.6 Å². The molecule has 2 aromatic carbocycles. The van der Waals surface area contributed by atoms with Gasteiger partial charge in [-0.1, -0.05) is 35.1 Å². The van der Waals surface area contributed by atoms with E-state index in [1.807, 2.05) is 51.4 Å². The Hall–Kier alpha value is -2.55. The maximum Gasteiger partial charge on any atom is 0.270 e. The van der Waals surface area contributed by atoms with E-state index >= 15 is 0 Å². The van der Waals surface area contributed by atoms with Gasteiger partial charge in [0.1, 0.15) is 10.7 Å². The molecule has 5 rings (SSSR count). The van der Waals surface area contributed by atoms with Crippen LogP contribution in [0.25, 0.3) is 10.2 Å². The van der Waals surface area contributed by atoms with Crippen LogP contribution in [0.5, 0.6) is 0 Å². The number of halogens is 1. The van der Waals surface area contributed by atoms with Crippen molar-refractivity contribution in [2.75, 3.05) is 30.4 Å². The molecule has 2 aliphatic rings. The molecule has 3 heterocycles. The van der Waals surface area contributed by atoms with Gasteiger partial charge in [-0.15, -0.1) is 0 Å². The number of para-hydroxylation sites is 2. The number of amides is 1. The van der Waals surface area contributed by atoms with Crippen molar-refractivity contribution in [2.24, 2.45) is 4.99 Å². The third-order valence-corrected chi connectivity index (χ3v) is 7.36. The maximum atomic E-state index is 13.3. The number of thiazole rings is 1. The second-order valence-electron chi connectivity index (χ2n) is 6.91. The van der Waals surface area contributed by atoms with Crippen LogP contribution >= 0.6 is 34.7 Å². The van der Waals surface area contributed by atoms with Gasteiger partial charge in [0.05, 0.1) is 21.6 Å². The molecule has 1 fully saturated rings. The van der Waals surface area contributed by atoms with Gasteiger partial charge in [-0.25, -0.2) is 4.98 Å². The molecule has 1 amide bonds. The third kappa shape index (κ3) is 2.98. The zero-order valence-electron chi connectivity index (χ0n) is 16.6. The molecular weight excluding hydrogens is 438 g/mol. The van der Waals surface area contributed by atoms with Crippen LogP contribution in [0.3, 0.4) is 0 Å². The van der Waals surface area contributed by atoms with E-state index < -0.39 is 0 Å². The summed E-state index contributed by atoms with van der Waals surface area (Å²) in [7, 11) is 3.97. The Kier molecular flexibility index (Phi) is 4.72.